The van der Waals surface area contributed by atoms with Gasteiger partial charge in [0.2, 0.25) is 5.09 Å². The van der Waals surface area contributed by atoms with Gasteiger partial charge in [0.25, 0.3) is 10.0 Å². The lowest BCUT2D eigenvalue weighted by Crippen LogP contribution is -2.29. The summed E-state index contributed by atoms with van der Waals surface area (Å²) in [5.74, 6) is -0.396. The third kappa shape index (κ3) is 3.33. The zero-order chi connectivity index (χ0) is 16.4. The largest absolute Gasteiger partial charge is 0.452 e. The third-order valence-electron chi connectivity index (χ3n) is 3.29. The number of hydrogen-bond donors (Lipinski definition) is 1. The van der Waals surface area contributed by atoms with E-state index in [9.17, 15) is 12.8 Å². The Morgan fingerprint density at radius 3 is 2.52 bits per heavy atom. The highest BCUT2D eigenvalue weighted by molar-refractivity contribution is 7.89. The predicted molar refractivity (Wildman–Crippen MR) is 80.5 cm³/mol. The van der Waals surface area contributed by atoms with Gasteiger partial charge in [-0.05, 0) is 29.8 Å². The van der Waals surface area contributed by atoms with Gasteiger partial charge in [-0.15, -0.1) is 0 Å². The van der Waals surface area contributed by atoms with Gasteiger partial charge in [0.15, 0.2) is 0 Å². The third-order valence-corrected chi connectivity index (χ3v) is 4.60. The summed E-state index contributed by atoms with van der Waals surface area (Å²) in [4.78, 5) is 0. The van der Waals surface area contributed by atoms with Gasteiger partial charge in [-0.3, -0.25) is 4.68 Å². The van der Waals surface area contributed by atoms with Crippen LogP contribution in [-0.4, -0.2) is 18.2 Å². The van der Waals surface area contributed by atoms with E-state index >= 15 is 0 Å². The van der Waals surface area contributed by atoms with E-state index in [4.69, 9.17) is 4.42 Å². The second kappa shape index (κ2) is 5.98. The fourth-order valence-electron chi connectivity index (χ4n) is 2.20. The van der Waals surface area contributed by atoms with E-state index in [2.05, 4.69) is 9.82 Å². The quantitative estimate of drug-likeness (QED) is 0.775. The summed E-state index contributed by atoms with van der Waals surface area (Å²) < 4.78 is 47.1. The van der Waals surface area contributed by atoms with Crippen LogP contribution < -0.4 is 4.72 Å². The Balaban J connectivity index is 2.00. The van der Waals surface area contributed by atoms with E-state index in [1.807, 2.05) is 0 Å². The Bertz CT molecular complexity index is 886. The smallest absolute Gasteiger partial charge is 0.274 e. The van der Waals surface area contributed by atoms with E-state index < -0.39 is 21.9 Å². The van der Waals surface area contributed by atoms with Crippen LogP contribution in [0.4, 0.5) is 4.39 Å². The molecule has 0 aliphatic carbocycles. The molecule has 120 valence electrons. The first-order valence-corrected chi connectivity index (χ1v) is 8.24. The molecular formula is C15H14FN3O3S. The summed E-state index contributed by atoms with van der Waals surface area (Å²) >= 11 is 0. The molecule has 3 rings (SSSR count). The topological polar surface area (TPSA) is 77.1 Å². The van der Waals surface area contributed by atoms with Crippen LogP contribution in [-0.2, 0) is 17.1 Å². The summed E-state index contributed by atoms with van der Waals surface area (Å²) in [6.07, 6.45) is 4.53. The van der Waals surface area contributed by atoms with Crippen molar-refractivity contribution in [3.05, 3.63) is 72.0 Å². The number of aromatic nitrogens is 2. The molecule has 8 heteroatoms. The molecule has 23 heavy (non-hydrogen) atoms. The van der Waals surface area contributed by atoms with Crippen LogP contribution in [0, 0.1) is 5.82 Å². The highest BCUT2D eigenvalue weighted by atomic mass is 32.2. The molecule has 0 bridgehead atoms. The predicted octanol–water partition coefficient (Wildman–Crippen LogP) is 2.22. The fraction of sp³-hybridized carbons (Fsp3) is 0.133. The van der Waals surface area contributed by atoms with Gasteiger partial charge >= 0.3 is 0 Å². The van der Waals surface area contributed by atoms with Gasteiger partial charge in [0.05, 0.1) is 18.5 Å². The Morgan fingerprint density at radius 1 is 1.22 bits per heavy atom. The molecule has 6 nitrogen and oxygen atoms in total. The molecule has 1 N–H and O–H groups in total. The number of aryl methyl sites for hydroxylation is 1. The van der Waals surface area contributed by atoms with E-state index in [0.717, 1.165) is 0 Å². The fourth-order valence-corrected chi connectivity index (χ4v) is 3.34. The molecule has 0 fully saturated rings. The van der Waals surface area contributed by atoms with Crippen LogP contribution in [0.25, 0.3) is 0 Å². The molecule has 0 aliphatic rings. The molecule has 2 heterocycles. The molecular weight excluding hydrogens is 321 g/mol. The summed E-state index contributed by atoms with van der Waals surface area (Å²) in [5.41, 5.74) is 1.23. The van der Waals surface area contributed by atoms with Crippen LogP contribution in [0.3, 0.4) is 0 Å². The minimum atomic E-state index is -3.86. The van der Waals surface area contributed by atoms with Gasteiger partial charge < -0.3 is 4.42 Å². The average Bonchev–Trinajstić information content (AvgIpc) is 3.17. The molecule has 0 radical (unpaired) electrons. The van der Waals surface area contributed by atoms with Crippen LogP contribution in [0.2, 0.25) is 0 Å². The standard InChI is InChI=1S/C15H14FN3O3S/c1-19-10-12(9-17-19)15(11-4-6-13(16)7-5-11)18-23(20,21)14-3-2-8-22-14/h2-10,15,18H,1H3/t15-/m1/s1. The number of sulfonamides is 1. The molecule has 0 saturated carbocycles. The SMILES string of the molecule is Cn1cc([C@H](NS(=O)(=O)c2ccco2)c2ccc(F)cc2)cn1. The van der Waals surface area contributed by atoms with E-state index in [0.29, 0.717) is 11.1 Å². The Morgan fingerprint density at radius 2 is 1.96 bits per heavy atom. The van der Waals surface area contributed by atoms with E-state index in [-0.39, 0.29) is 5.09 Å². The van der Waals surface area contributed by atoms with Gasteiger partial charge in [0.1, 0.15) is 5.82 Å². The van der Waals surface area contributed by atoms with Gasteiger partial charge in [-0.25, -0.2) is 12.8 Å². The Kier molecular flexibility index (Phi) is 4.01. The van der Waals surface area contributed by atoms with Crippen LogP contribution in [0.1, 0.15) is 17.2 Å². The number of hydrogen-bond acceptors (Lipinski definition) is 4. The lowest BCUT2D eigenvalue weighted by Gasteiger charge is -2.17. The molecule has 0 saturated heterocycles. The molecule has 1 aromatic carbocycles. The van der Waals surface area contributed by atoms with E-state index in [1.54, 1.807) is 24.1 Å². The van der Waals surface area contributed by atoms with Crippen LogP contribution in [0.5, 0.6) is 0 Å². The maximum atomic E-state index is 13.1. The normalized spacial score (nSPS) is 13.1. The van der Waals surface area contributed by atoms with Gasteiger partial charge in [-0.2, -0.15) is 9.82 Å². The van der Waals surface area contributed by atoms with E-state index in [1.165, 1.54) is 42.7 Å². The number of rotatable bonds is 5. The maximum absolute atomic E-state index is 13.1. The first kappa shape index (κ1) is 15.4. The minimum Gasteiger partial charge on any atom is -0.452 e. The summed E-state index contributed by atoms with van der Waals surface area (Å²) in [5, 5.41) is 3.87. The zero-order valence-electron chi connectivity index (χ0n) is 12.2. The van der Waals surface area contributed by atoms with Crippen LogP contribution in [0.15, 0.2) is 64.6 Å². The summed E-state index contributed by atoms with van der Waals surface area (Å²) in [7, 11) is -2.13. The lowest BCUT2D eigenvalue weighted by atomic mass is 10.0. The first-order valence-electron chi connectivity index (χ1n) is 6.75. The van der Waals surface area contributed by atoms with Crippen molar-refractivity contribution in [3.63, 3.8) is 0 Å². The van der Waals surface area contributed by atoms with Crippen LogP contribution >= 0.6 is 0 Å². The summed E-state index contributed by atoms with van der Waals surface area (Å²) in [6, 6.07) is 7.74. The second-order valence-electron chi connectivity index (χ2n) is 4.99. The van der Waals surface area contributed by atoms with Gasteiger partial charge in [0, 0.05) is 18.8 Å². The van der Waals surface area contributed by atoms with Crippen molar-refractivity contribution in [1.29, 1.82) is 0 Å². The number of furan rings is 1. The number of benzene rings is 1. The highest BCUT2D eigenvalue weighted by Gasteiger charge is 2.25. The van der Waals surface area contributed by atoms with Crippen molar-refractivity contribution in [1.82, 2.24) is 14.5 Å². The molecule has 0 aliphatic heterocycles. The van der Waals surface area contributed by atoms with Crippen molar-refractivity contribution in [2.24, 2.45) is 7.05 Å². The average molecular weight is 335 g/mol. The number of nitrogens with zero attached hydrogens (tertiary/aromatic N) is 2. The van der Waals surface area contributed by atoms with Crippen molar-refractivity contribution in [3.8, 4) is 0 Å². The van der Waals surface area contributed by atoms with Crippen molar-refractivity contribution in [2.45, 2.75) is 11.1 Å². The van der Waals surface area contributed by atoms with Crippen molar-refractivity contribution in [2.75, 3.05) is 0 Å². The van der Waals surface area contributed by atoms with Crippen molar-refractivity contribution < 1.29 is 17.2 Å². The molecule has 0 spiro atoms. The molecule has 3 aromatic rings. The summed E-state index contributed by atoms with van der Waals surface area (Å²) in [6.45, 7) is 0. The Hall–Kier alpha value is -2.45. The maximum Gasteiger partial charge on any atom is 0.274 e. The number of nitrogens with one attached hydrogen (secondary N) is 1. The zero-order valence-corrected chi connectivity index (χ0v) is 13.0. The Labute approximate surface area is 132 Å². The first-order chi connectivity index (χ1) is 11.0. The second-order valence-corrected chi connectivity index (χ2v) is 6.63. The van der Waals surface area contributed by atoms with Crippen molar-refractivity contribution >= 4 is 10.0 Å². The molecule has 2 aromatic heterocycles. The highest BCUT2D eigenvalue weighted by Crippen LogP contribution is 2.24. The molecule has 1 atom stereocenters. The number of halogens is 1. The lowest BCUT2D eigenvalue weighted by molar-refractivity contribution is 0.443. The molecule has 0 unspecified atom stereocenters. The monoisotopic (exact) mass is 335 g/mol. The van der Waals surface area contributed by atoms with Gasteiger partial charge in [-0.1, -0.05) is 12.1 Å². The minimum absolute atomic E-state index is 0.187. The molecule has 0 amide bonds.